The summed E-state index contributed by atoms with van der Waals surface area (Å²) in [6, 6.07) is 0. The number of allylic oxidation sites excluding steroid dienone is 4. The Kier molecular flexibility index (Phi) is 9.92. The van der Waals surface area contributed by atoms with E-state index in [1.54, 1.807) is 7.11 Å². The quantitative estimate of drug-likeness (QED) is 0.436. The third kappa shape index (κ3) is 11.3. The number of methoxy groups -OCH3 is 1. The van der Waals surface area contributed by atoms with E-state index in [2.05, 4.69) is 59.8 Å². The molecule has 0 spiro atoms. The Morgan fingerprint density at radius 1 is 1.20 bits per heavy atom. The van der Waals surface area contributed by atoms with Crippen LogP contribution in [0.15, 0.2) is 23.8 Å². The van der Waals surface area contributed by atoms with Crippen molar-refractivity contribution in [1.82, 2.24) is 0 Å². The highest BCUT2D eigenvalue weighted by Gasteiger charge is 2.15. The summed E-state index contributed by atoms with van der Waals surface area (Å²) < 4.78 is 5.45. The van der Waals surface area contributed by atoms with Crippen molar-refractivity contribution in [3.05, 3.63) is 23.8 Å². The van der Waals surface area contributed by atoms with Crippen molar-refractivity contribution in [2.24, 2.45) is 11.8 Å². The zero-order chi connectivity index (χ0) is 15.6. The van der Waals surface area contributed by atoms with Crippen LogP contribution in [0.1, 0.15) is 73.6 Å². The highest BCUT2D eigenvalue weighted by atomic mass is 16.5. The second kappa shape index (κ2) is 10.2. The molecule has 1 nitrogen and oxygen atoms in total. The van der Waals surface area contributed by atoms with Crippen LogP contribution in [0.2, 0.25) is 0 Å². The van der Waals surface area contributed by atoms with Crippen LogP contribution in [0.5, 0.6) is 0 Å². The molecule has 1 unspecified atom stereocenters. The fraction of sp³-hybridized carbons (Fsp3) is 0.789. The van der Waals surface area contributed by atoms with E-state index in [0.29, 0.717) is 0 Å². The van der Waals surface area contributed by atoms with Gasteiger partial charge in [0.15, 0.2) is 0 Å². The molecule has 0 fully saturated rings. The summed E-state index contributed by atoms with van der Waals surface area (Å²) in [5, 5.41) is 0. The average Bonchev–Trinajstić information content (AvgIpc) is 2.33. The molecule has 0 aromatic carbocycles. The summed E-state index contributed by atoms with van der Waals surface area (Å²) >= 11 is 0. The maximum atomic E-state index is 5.45. The van der Waals surface area contributed by atoms with E-state index < -0.39 is 0 Å². The van der Waals surface area contributed by atoms with Crippen LogP contribution in [0.3, 0.4) is 0 Å². The van der Waals surface area contributed by atoms with E-state index in [9.17, 15) is 0 Å². The van der Waals surface area contributed by atoms with Gasteiger partial charge in [0.05, 0.1) is 5.60 Å². The topological polar surface area (TPSA) is 9.23 Å². The molecule has 1 atom stereocenters. The SMILES string of the molecule is COC(C)(C)CCCC(C)CC=CC=C(C)CC(C)C. The molecule has 0 saturated carbocycles. The molecule has 0 radical (unpaired) electrons. The van der Waals surface area contributed by atoms with Gasteiger partial charge >= 0.3 is 0 Å². The fourth-order valence-corrected chi connectivity index (χ4v) is 2.35. The highest BCUT2D eigenvalue weighted by molar-refractivity contribution is 5.10. The van der Waals surface area contributed by atoms with Gasteiger partial charge < -0.3 is 4.74 Å². The van der Waals surface area contributed by atoms with Gasteiger partial charge in [-0.3, -0.25) is 0 Å². The molecular weight excluding hydrogens is 244 g/mol. The third-order valence-electron chi connectivity index (χ3n) is 3.81. The van der Waals surface area contributed by atoms with Crippen molar-refractivity contribution in [3.63, 3.8) is 0 Å². The van der Waals surface area contributed by atoms with Crippen LogP contribution in [-0.4, -0.2) is 12.7 Å². The maximum absolute atomic E-state index is 5.45. The lowest BCUT2D eigenvalue weighted by molar-refractivity contribution is 0.0128. The summed E-state index contributed by atoms with van der Waals surface area (Å²) in [4.78, 5) is 0. The lowest BCUT2D eigenvalue weighted by Gasteiger charge is -2.23. The van der Waals surface area contributed by atoms with Crippen LogP contribution < -0.4 is 0 Å². The van der Waals surface area contributed by atoms with Gasteiger partial charge in [0.1, 0.15) is 0 Å². The predicted molar refractivity (Wildman–Crippen MR) is 91.1 cm³/mol. The number of hydrogen-bond donors (Lipinski definition) is 0. The molecule has 0 saturated heterocycles. The highest BCUT2D eigenvalue weighted by Crippen LogP contribution is 2.20. The Bertz CT molecular complexity index is 297. The Balaban J connectivity index is 3.85. The summed E-state index contributed by atoms with van der Waals surface area (Å²) in [7, 11) is 1.80. The van der Waals surface area contributed by atoms with Crippen LogP contribution in [0, 0.1) is 11.8 Å². The maximum Gasteiger partial charge on any atom is 0.0622 e. The Morgan fingerprint density at radius 2 is 1.85 bits per heavy atom. The van der Waals surface area contributed by atoms with Crippen molar-refractivity contribution in [3.8, 4) is 0 Å². The minimum atomic E-state index is 0.0340. The molecule has 20 heavy (non-hydrogen) atoms. The number of hydrogen-bond acceptors (Lipinski definition) is 1. The molecule has 0 aromatic heterocycles. The van der Waals surface area contributed by atoms with Crippen molar-refractivity contribution >= 4 is 0 Å². The van der Waals surface area contributed by atoms with E-state index in [1.807, 2.05) is 0 Å². The van der Waals surface area contributed by atoms with Gasteiger partial charge in [0, 0.05) is 7.11 Å². The summed E-state index contributed by atoms with van der Waals surface area (Å²) in [5.74, 6) is 1.51. The molecule has 0 rings (SSSR count). The van der Waals surface area contributed by atoms with Crippen LogP contribution in [-0.2, 0) is 4.74 Å². The van der Waals surface area contributed by atoms with Gasteiger partial charge in [-0.15, -0.1) is 0 Å². The second-order valence-electron chi connectivity index (χ2n) is 7.24. The van der Waals surface area contributed by atoms with Gasteiger partial charge in [0.25, 0.3) is 0 Å². The normalized spacial score (nSPS) is 15.3. The Hall–Kier alpha value is -0.560. The van der Waals surface area contributed by atoms with E-state index in [0.717, 1.165) is 18.3 Å². The first-order chi connectivity index (χ1) is 9.26. The molecule has 0 bridgehead atoms. The van der Waals surface area contributed by atoms with Gasteiger partial charge in [-0.05, 0) is 51.9 Å². The minimum absolute atomic E-state index is 0.0340. The Labute approximate surface area is 127 Å². The predicted octanol–water partition coefficient (Wildman–Crippen LogP) is 6.16. The summed E-state index contributed by atoms with van der Waals surface area (Å²) in [6.45, 7) is 13.4. The van der Waals surface area contributed by atoms with Crippen LogP contribution in [0.4, 0.5) is 0 Å². The monoisotopic (exact) mass is 280 g/mol. The van der Waals surface area contributed by atoms with E-state index >= 15 is 0 Å². The minimum Gasteiger partial charge on any atom is -0.379 e. The summed E-state index contributed by atoms with van der Waals surface area (Å²) in [6.07, 6.45) is 12.9. The van der Waals surface area contributed by atoms with Crippen molar-refractivity contribution in [2.45, 2.75) is 79.2 Å². The first-order valence-corrected chi connectivity index (χ1v) is 8.14. The molecule has 118 valence electrons. The Morgan fingerprint density at radius 3 is 2.40 bits per heavy atom. The summed E-state index contributed by atoms with van der Waals surface area (Å²) in [5.41, 5.74) is 1.51. The van der Waals surface area contributed by atoms with E-state index in [4.69, 9.17) is 4.74 Å². The molecule has 1 heteroatoms. The molecule has 0 aromatic rings. The lowest BCUT2D eigenvalue weighted by atomic mass is 9.95. The fourth-order valence-electron chi connectivity index (χ4n) is 2.35. The molecule has 0 amide bonds. The van der Waals surface area contributed by atoms with Crippen molar-refractivity contribution in [2.75, 3.05) is 7.11 Å². The molecule has 0 aliphatic rings. The molecule has 0 N–H and O–H groups in total. The van der Waals surface area contributed by atoms with Gasteiger partial charge in [-0.1, -0.05) is 57.4 Å². The smallest absolute Gasteiger partial charge is 0.0622 e. The largest absolute Gasteiger partial charge is 0.379 e. The van der Waals surface area contributed by atoms with Crippen LogP contribution in [0.25, 0.3) is 0 Å². The lowest BCUT2D eigenvalue weighted by Crippen LogP contribution is -2.22. The average molecular weight is 280 g/mol. The zero-order valence-electron chi connectivity index (χ0n) is 14.8. The van der Waals surface area contributed by atoms with Gasteiger partial charge in [-0.2, -0.15) is 0 Å². The molecular formula is C19H36O. The number of rotatable bonds is 10. The molecule has 0 aliphatic heterocycles. The van der Waals surface area contributed by atoms with E-state index in [-0.39, 0.29) is 5.60 Å². The van der Waals surface area contributed by atoms with Crippen molar-refractivity contribution < 1.29 is 4.74 Å². The van der Waals surface area contributed by atoms with Gasteiger partial charge in [0.2, 0.25) is 0 Å². The van der Waals surface area contributed by atoms with E-state index in [1.165, 1.54) is 31.3 Å². The molecule has 0 aliphatic carbocycles. The molecule has 0 heterocycles. The number of ether oxygens (including phenoxy) is 1. The standard InChI is InChI=1S/C19H36O/c1-16(2)15-18(4)12-9-8-11-17(3)13-10-14-19(5,6)20-7/h8-9,12,16-17H,10-11,13-15H2,1-7H3. The van der Waals surface area contributed by atoms with Crippen LogP contribution >= 0.6 is 0 Å². The first-order valence-electron chi connectivity index (χ1n) is 8.14. The second-order valence-corrected chi connectivity index (χ2v) is 7.24. The zero-order valence-corrected chi connectivity index (χ0v) is 14.8. The third-order valence-corrected chi connectivity index (χ3v) is 3.81. The van der Waals surface area contributed by atoms with Crippen molar-refractivity contribution in [1.29, 1.82) is 0 Å². The van der Waals surface area contributed by atoms with Gasteiger partial charge in [-0.25, -0.2) is 0 Å². The first kappa shape index (κ1) is 19.4.